The summed E-state index contributed by atoms with van der Waals surface area (Å²) in [6, 6.07) is 4.01. The summed E-state index contributed by atoms with van der Waals surface area (Å²) in [5, 5.41) is 3.70. The average Bonchev–Trinajstić information content (AvgIpc) is 2.93. The molecule has 1 aromatic rings. The lowest BCUT2D eigenvalue weighted by atomic mass is 9.94. The summed E-state index contributed by atoms with van der Waals surface area (Å²) in [6.07, 6.45) is 8.77. The van der Waals surface area contributed by atoms with E-state index in [0.717, 1.165) is 18.2 Å². The van der Waals surface area contributed by atoms with Crippen molar-refractivity contribution in [2.24, 2.45) is 5.92 Å². The average molecular weight is 191 g/mol. The topological polar surface area (TPSA) is 25.2 Å². The number of hydrogen-bond acceptors (Lipinski definition) is 2. The predicted molar refractivity (Wildman–Crippen MR) is 54.9 cm³/mol. The molecule has 2 fully saturated rings. The van der Waals surface area contributed by atoms with Crippen LogP contribution in [0.2, 0.25) is 0 Å². The molecule has 2 bridgehead atoms. The van der Waals surface area contributed by atoms with Crippen LogP contribution in [0.4, 0.5) is 0 Å². The molecule has 0 radical (unpaired) electrons. The van der Waals surface area contributed by atoms with Gasteiger partial charge in [-0.05, 0) is 50.2 Å². The van der Waals surface area contributed by atoms with E-state index in [2.05, 4.69) is 5.32 Å². The van der Waals surface area contributed by atoms with E-state index in [1.54, 1.807) is 6.26 Å². The molecule has 2 aliphatic rings. The fraction of sp³-hybridized carbons (Fsp3) is 0.667. The van der Waals surface area contributed by atoms with Crippen LogP contribution in [0.3, 0.4) is 0 Å². The standard InChI is InChI=1S/C12H17NO/c1-2-11(14-7-1)9-13-12-5-3-10(8-12)4-6-12/h1-2,7,10,13H,3-6,8-9H2. The minimum atomic E-state index is 0.470. The van der Waals surface area contributed by atoms with Gasteiger partial charge in [0.05, 0.1) is 12.8 Å². The van der Waals surface area contributed by atoms with Gasteiger partial charge in [0.1, 0.15) is 5.76 Å². The minimum Gasteiger partial charge on any atom is -0.468 e. The molecule has 3 rings (SSSR count). The van der Waals surface area contributed by atoms with Gasteiger partial charge in [-0.25, -0.2) is 0 Å². The van der Waals surface area contributed by atoms with Crippen LogP contribution in [0.1, 0.15) is 37.9 Å². The second-order valence-corrected chi connectivity index (χ2v) is 4.86. The van der Waals surface area contributed by atoms with E-state index in [1.807, 2.05) is 12.1 Å². The molecule has 0 amide bonds. The zero-order valence-corrected chi connectivity index (χ0v) is 8.46. The first-order valence-corrected chi connectivity index (χ1v) is 5.64. The van der Waals surface area contributed by atoms with Crippen LogP contribution in [0.15, 0.2) is 22.8 Å². The molecule has 0 saturated heterocycles. The Morgan fingerprint density at radius 2 is 2.29 bits per heavy atom. The number of rotatable bonds is 3. The van der Waals surface area contributed by atoms with E-state index in [1.165, 1.54) is 32.1 Å². The van der Waals surface area contributed by atoms with E-state index < -0.39 is 0 Å². The molecule has 2 nitrogen and oxygen atoms in total. The first kappa shape index (κ1) is 8.54. The molecule has 76 valence electrons. The second kappa shape index (κ2) is 3.13. The van der Waals surface area contributed by atoms with Crippen LogP contribution in [-0.2, 0) is 6.54 Å². The van der Waals surface area contributed by atoms with Crippen molar-refractivity contribution in [1.82, 2.24) is 5.32 Å². The SMILES string of the molecule is c1coc(CNC23CCC(CC2)C3)c1. The molecule has 1 heterocycles. The van der Waals surface area contributed by atoms with Crippen LogP contribution in [-0.4, -0.2) is 5.54 Å². The molecule has 0 spiro atoms. The molecule has 0 aromatic carbocycles. The smallest absolute Gasteiger partial charge is 0.117 e. The van der Waals surface area contributed by atoms with Gasteiger partial charge in [0.15, 0.2) is 0 Å². The Hall–Kier alpha value is -0.760. The van der Waals surface area contributed by atoms with Gasteiger partial charge in [-0.3, -0.25) is 0 Å². The maximum absolute atomic E-state index is 5.33. The Labute approximate surface area is 84.7 Å². The van der Waals surface area contributed by atoms with Gasteiger partial charge in [-0.1, -0.05) is 0 Å². The van der Waals surface area contributed by atoms with Crippen LogP contribution >= 0.6 is 0 Å². The van der Waals surface area contributed by atoms with Gasteiger partial charge in [0, 0.05) is 5.54 Å². The highest BCUT2D eigenvalue weighted by atomic mass is 16.3. The van der Waals surface area contributed by atoms with Gasteiger partial charge in [0.2, 0.25) is 0 Å². The molecule has 0 aliphatic heterocycles. The number of hydrogen-bond donors (Lipinski definition) is 1. The zero-order valence-electron chi connectivity index (χ0n) is 8.46. The Kier molecular flexibility index (Phi) is 1.91. The van der Waals surface area contributed by atoms with Crippen molar-refractivity contribution in [2.45, 2.75) is 44.2 Å². The third kappa shape index (κ3) is 1.38. The summed E-state index contributed by atoms with van der Waals surface area (Å²) in [6.45, 7) is 0.903. The molecule has 2 saturated carbocycles. The van der Waals surface area contributed by atoms with Crippen LogP contribution in [0.5, 0.6) is 0 Å². The van der Waals surface area contributed by atoms with Crippen molar-refractivity contribution in [3.63, 3.8) is 0 Å². The number of nitrogens with one attached hydrogen (secondary N) is 1. The maximum atomic E-state index is 5.33. The van der Waals surface area contributed by atoms with Crippen molar-refractivity contribution in [3.05, 3.63) is 24.2 Å². The van der Waals surface area contributed by atoms with Crippen molar-refractivity contribution in [3.8, 4) is 0 Å². The van der Waals surface area contributed by atoms with Crippen LogP contribution in [0, 0.1) is 5.92 Å². The van der Waals surface area contributed by atoms with E-state index in [-0.39, 0.29) is 0 Å². The Morgan fingerprint density at radius 1 is 1.43 bits per heavy atom. The van der Waals surface area contributed by atoms with Crippen LogP contribution in [0.25, 0.3) is 0 Å². The normalized spacial score (nSPS) is 35.3. The van der Waals surface area contributed by atoms with E-state index in [0.29, 0.717) is 5.54 Å². The molecule has 2 heteroatoms. The summed E-state index contributed by atoms with van der Waals surface area (Å²) in [4.78, 5) is 0. The lowest BCUT2D eigenvalue weighted by Crippen LogP contribution is -2.40. The Balaban J connectivity index is 1.62. The summed E-state index contributed by atoms with van der Waals surface area (Å²) in [5.41, 5.74) is 0.470. The summed E-state index contributed by atoms with van der Waals surface area (Å²) in [5.74, 6) is 2.08. The molecule has 2 aliphatic carbocycles. The van der Waals surface area contributed by atoms with E-state index >= 15 is 0 Å². The van der Waals surface area contributed by atoms with Gasteiger partial charge >= 0.3 is 0 Å². The third-order valence-corrected chi connectivity index (χ3v) is 3.96. The minimum absolute atomic E-state index is 0.470. The lowest BCUT2D eigenvalue weighted by molar-refractivity contribution is 0.311. The van der Waals surface area contributed by atoms with Gasteiger partial charge in [-0.15, -0.1) is 0 Å². The van der Waals surface area contributed by atoms with E-state index in [9.17, 15) is 0 Å². The number of fused-ring (bicyclic) bond motifs is 2. The molecular weight excluding hydrogens is 174 g/mol. The summed E-state index contributed by atoms with van der Waals surface area (Å²) in [7, 11) is 0. The van der Waals surface area contributed by atoms with Crippen LogP contribution < -0.4 is 5.32 Å². The highest BCUT2D eigenvalue weighted by Gasteiger charge is 2.44. The monoisotopic (exact) mass is 191 g/mol. The Bertz CT molecular complexity index is 296. The molecule has 1 aromatic heterocycles. The quantitative estimate of drug-likeness (QED) is 0.794. The maximum Gasteiger partial charge on any atom is 0.117 e. The fourth-order valence-electron chi connectivity index (χ4n) is 3.13. The van der Waals surface area contributed by atoms with Gasteiger partial charge in [-0.2, -0.15) is 0 Å². The van der Waals surface area contributed by atoms with Crippen molar-refractivity contribution in [2.75, 3.05) is 0 Å². The summed E-state index contributed by atoms with van der Waals surface area (Å²) >= 11 is 0. The van der Waals surface area contributed by atoms with Crippen molar-refractivity contribution < 1.29 is 4.42 Å². The molecular formula is C12H17NO. The molecule has 0 atom stereocenters. The summed E-state index contributed by atoms with van der Waals surface area (Å²) < 4.78 is 5.33. The lowest BCUT2D eigenvalue weighted by Gasteiger charge is -2.27. The van der Waals surface area contributed by atoms with Crippen molar-refractivity contribution >= 4 is 0 Å². The Morgan fingerprint density at radius 3 is 2.86 bits per heavy atom. The van der Waals surface area contributed by atoms with Gasteiger partial charge in [0.25, 0.3) is 0 Å². The van der Waals surface area contributed by atoms with Gasteiger partial charge < -0.3 is 9.73 Å². The fourth-order valence-corrected chi connectivity index (χ4v) is 3.13. The first-order valence-electron chi connectivity index (χ1n) is 5.64. The third-order valence-electron chi connectivity index (χ3n) is 3.96. The largest absolute Gasteiger partial charge is 0.468 e. The molecule has 0 unspecified atom stereocenters. The predicted octanol–water partition coefficient (Wildman–Crippen LogP) is 2.70. The van der Waals surface area contributed by atoms with Crippen molar-refractivity contribution in [1.29, 1.82) is 0 Å². The number of furan rings is 1. The zero-order chi connectivity index (χ0) is 9.43. The second-order valence-electron chi connectivity index (χ2n) is 4.86. The highest BCUT2D eigenvalue weighted by Crippen LogP contribution is 2.47. The molecule has 1 N–H and O–H groups in total. The van der Waals surface area contributed by atoms with E-state index in [4.69, 9.17) is 4.42 Å². The highest BCUT2D eigenvalue weighted by molar-refractivity contribution is 5.05. The first-order chi connectivity index (χ1) is 6.86. The molecule has 14 heavy (non-hydrogen) atoms.